The van der Waals surface area contributed by atoms with Gasteiger partial charge in [-0.25, -0.2) is 0 Å². The molecular weight excluding hydrogens is 248 g/mol. The maximum atomic E-state index is 9.48. The molecule has 0 unspecified atom stereocenters. The van der Waals surface area contributed by atoms with Gasteiger partial charge < -0.3 is 5.11 Å². The first-order chi connectivity index (χ1) is 8.24. The molecule has 3 heteroatoms. The van der Waals surface area contributed by atoms with E-state index in [1.54, 1.807) is 22.7 Å². The summed E-state index contributed by atoms with van der Waals surface area (Å²) in [6, 6.07) is 6.52. The molecule has 0 aliphatic carbocycles. The van der Waals surface area contributed by atoms with Crippen LogP contribution in [-0.4, -0.2) is 5.11 Å². The maximum Gasteiger partial charge on any atom is 0.0710 e. The number of rotatable bonds is 2. The van der Waals surface area contributed by atoms with Crippen molar-refractivity contribution in [2.75, 3.05) is 0 Å². The first-order valence-electron chi connectivity index (χ1n) is 5.42. The number of hydrogen-bond donors (Lipinski definition) is 1. The predicted octanol–water partition coefficient (Wildman–Crippen LogP) is 4.56. The lowest BCUT2D eigenvalue weighted by Gasteiger charge is -1.93. The Balaban J connectivity index is 2.47. The van der Waals surface area contributed by atoms with Crippen LogP contribution < -0.4 is 0 Å². The molecule has 0 aliphatic rings. The second-order valence-electron chi connectivity index (χ2n) is 4.07. The van der Waals surface area contributed by atoms with Crippen molar-refractivity contribution in [2.24, 2.45) is 0 Å². The molecule has 86 valence electrons. The van der Waals surface area contributed by atoms with E-state index in [-0.39, 0.29) is 6.61 Å². The van der Waals surface area contributed by atoms with Crippen molar-refractivity contribution in [3.8, 4) is 0 Å². The summed E-state index contributed by atoms with van der Waals surface area (Å²) >= 11 is 3.49. The fraction of sp³-hybridized carbons (Fsp3) is 0.143. The van der Waals surface area contributed by atoms with Gasteiger partial charge >= 0.3 is 0 Å². The molecule has 1 N–H and O–H groups in total. The normalized spacial score (nSPS) is 11.4. The van der Waals surface area contributed by atoms with Gasteiger partial charge in [0.1, 0.15) is 0 Å². The molecule has 3 rings (SSSR count). The highest BCUT2D eigenvalue weighted by Crippen LogP contribution is 2.43. The van der Waals surface area contributed by atoms with Crippen LogP contribution in [-0.2, 0) is 6.61 Å². The standard InChI is InChI=1S/C14H12OS2/c1-3-11-10(7-15)14-13(16-11)9-6-8(2)4-5-12(9)17-14/h3-6,15H,1,7H2,2H3. The molecule has 0 saturated carbocycles. The zero-order valence-electron chi connectivity index (χ0n) is 9.49. The quantitative estimate of drug-likeness (QED) is 0.716. The van der Waals surface area contributed by atoms with Crippen molar-refractivity contribution in [1.82, 2.24) is 0 Å². The lowest BCUT2D eigenvalue weighted by molar-refractivity contribution is 0.284. The van der Waals surface area contributed by atoms with E-state index in [4.69, 9.17) is 0 Å². The van der Waals surface area contributed by atoms with Crippen molar-refractivity contribution >= 4 is 48.2 Å². The molecule has 0 aliphatic heterocycles. The largest absolute Gasteiger partial charge is 0.392 e. The molecule has 0 amide bonds. The highest BCUT2D eigenvalue weighted by atomic mass is 32.1. The van der Waals surface area contributed by atoms with Crippen LogP contribution >= 0.6 is 22.7 Å². The van der Waals surface area contributed by atoms with Gasteiger partial charge in [-0.3, -0.25) is 0 Å². The fourth-order valence-electron chi connectivity index (χ4n) is 2.09. The Morgan fingerprint density at radius 1 is 1.29 bits per heavy atom. The first kappa shape index (κ1) is 11.0. The smallest absolute Gasteiger partial charge is 0.0710 e. The zero-order valence-corrected chi connectivity index (χ0v) is 11.1. The van der Waals surface area contributed by atoms with Crippen LogP contribution in [0.2, 0.25) is 0 Å². The van der Waals surface area contributed by atoms with Crippen LogP contribution in [0.25, 0.3) is 25.6 Å². The van der Waals surface area contributed by atoms with Crippen LogP contribution in [0.1, 0.15) is 16.0 Å². The van der Waals surface area contributed by atoms with Crippen LogP contribution in [0.3, 0.4) is 0 Å². The van der Waals surface area contributed by atoms with Crippen molar-refractivity contribution in [2.45, 2.75) is 13.5 Å². The Morgan fingerprint density at radius 3 is 2.82 bits per heavy atom. The fourth-order valence-corrected chi connectivity index (χ4v) is 4.68. The van der Waals surface area contributed by atoms with Crippen molar-refractivity contribution < 1.29 is 5.11 Å². The summed E-state index contributed by atoms with van der Waals surface area (Å²) in [6.07, 6.45) is 1.84. The Hall–Kier alpha value is -1.16. The Labute approximate surface area is 108 Å². The van der Waals surface area contributed by atoms with Crippen molar-refractivity contribution in [1.29, 1.82) is 0 Å². The summed E-state index contributed by atoms with van der Waals surface area (Å²) in [5, 5.41) is 10.8. The summed E-state index contributed by atoms with van der Waals surface area (Å²) in [4.78, 5) is 1.09. The van der Waals surface area contributed by atoms with Crippen LogP contribution in [0, 0.1) is 6.92 Å². The lowest BCUT2D eigenvalue weighted by atomic mass is 10.2. The minimum Gasteiger partial charge on any atom is -0.392 e. The van der Waals surface area contributed by atoms with Gasteiger partial charge in [0.2, 0.25) is 0 Å². The average Bonchev–Trinajstić information content (AvgIpc) is 2.84. The molecule has 2 heterocycles. The first-order valence-corrected chi connectivity index (χ1v) is 7.05. The van der Waals surface area contributed by atoms with Crippen LogP contribution in [0.4, 0.5) is 0 Å². The molecule has 0 saturated heterocycles. The van der Waals surface area contributed by atoms with Gasteiger partial charge in [0.15, 0.2) is 0 Å². The number of aryl methyl sites for hydroxylation is 1. The minimum absolute atomic E-state index is 0.0904. The minimum atomic E-state index is 0.0904. The number of aliphatic hydroxyl groups excluding tert-OH is 1. The summed E-state index contributed by atoms with van der Waals surface area (Å²) in [7, 11) is 0. The third kappa shape index (κ3) is 1.54. The molecule has 0 spiro atoms. The van der Waals surface area contributed by atoms with E-state index in [9.17, 15) is 5.11 Å². The summed E-state index contributed by atoms with van der Waals surface area (Å²) in [5.41, 5.74) is 2.30. The predicted molar refractivity (Wildman–Crippen MR) is 78.0 cm³/mol. The molecular formula is C14H12OS2. The third-order valence-corrected chi connectivity index (χ3v) is 5.55. The van der Waals surface area contributed by atoms with Crippen LogP contribution in [0.5, 0.6) is 0 Å². The molecule has 1 nitrogen and oxygen atoms in total. The average molecular weight is 260 g/mol. The van der Waals surface area contributed by atoms with Gasteiger partial charge in [-0.05, 0) is 19.1 Å². The number of thiophene rings is 2. The summed E-state index contributed by atoms with van der Waals surface area (Å²) in [6.45, 7) is 6.02. The maximum absolute atomic E-state index is 9.48. The highest BCUT2D eigenvalue weighted by Gasteiger charge is 2.14. The molecule has 0 radical (unpaired) electrons. The van der Waals surface area contributed by atoms with Crippen LogP contribution in [0.15, 0.2) is 24.8 Å². The van der Waals surface area contributed by atoms with E-state index < -0.39 is 0 Å². The Morgan fingerprint density at radius 2 is 2.12 bits per heavy atom. The summed E-state index contributed by atoms with van der Waals surface area (Å²) < 4.78 is 3.79. The number of aliphatic hydroxyl groups is 1. The second kappa shape index (κ2) is 3.95. The van der Waals surface area contributed by atoms with E-state index in [1.807, 2.05) is 6.08 Å². The van der Waals surface area contributed by atoms with Gasteiger partial charge in [0.25, 0.3) is 0 Å². The number of benzene rings is 1. The van der Waals surface area contributed by atoms with Gasteiger partial charge in [-0.2, -0.15) is 0 Å². The van der Waals surface area contributed by atoms with Gasteiger partial charge in [-0.15, -0.1) is 22.7 Å². The lowest BCUT2D eigenvalue weighted by Crippen LogP contribution is -1.79. The van der Waals surface area contributed by atoms with Gasteiger partial charge in [0.05, 0.1) is 16.0 Å². The molecule has 2 aromatic heterocycles. The third-order valence-electron chi connectivity index (χ3n) is 2.92. The van der Waals surface area contributed by atoms with E-state index in [0.717, 1.165) is 10.4 Å². The number of fused-ring (bicyclic) bond motifs is 3. The summed E-state index contributed by atoms with van der Waals surface area (Å²) in [5.74, 6) is 0. The monoisotopic (exact) mass is 260 g/mol. The van der Waals surface area contributed by atoms with E-state index in [2.05, 4.69) is 31.7 Å². The van der Waals surface area contributed by atoms with E-state index in [0.29, 0.717) is 0 Å². The van der Waals surface area contributed by atoms with Gasteiger partial charge in [-0.1, -0.05) is 24.3 Å². The van der Waals surface area contributed by atoms with E-state index in [1.165, 1.54) is 25.0 Å². The van der Waals surface area contributed by atoms with Gasteiger partial charge in [0, 0.05) is 20.5 Å². The van der Waals surface area contributed by atoms with E-state index >= 15 is 0 Å². The zero-order chi connectivity index (χ0) is 12.0. The molecule has 17 heavy (non-hydrogen) atoms. The van der Waals surface area contributed by atoms with Crippen molar-refractivity contribution in [3.63, 3.8) is 0 Å². The molecule has 3 aromatic rings. The molecule has 1 aromatic carbocycles. The Kier molecular flexibility index (Phi) is 2.54. The number of hydrogen-bond acceptors (Lipinski definition) is 3. The molecule has 0 fully saturated rings. The molecule has 0 atom stereocenters. The SMILES string of the molecule is C=Cc1sc2c(sc3ccc(C)cc32)c1CO. The molecule has 0 bridgehead atoms. The second-order valence-corrected chi connectivity index (χ2v) is 6.17. The van der Waals surface area contributed by atoms with Crippen molar-refractivity contribution in [3.05, 3.63) is 40.8 Å². The topological polar surface area (TPSA) is 20.2 Å². The Bertz CT molecular complexity index is 719. The highest BCUT2D eigenvalue weighted by molar-refractivity contribution is 7.33.